The van der Waals surface area contributed by atoms with Crippen LogP contribution in [0.5, 0.6) is 0 Å². The van der Waals surface area contributed by atoms with Crippen LogP contribution in [0.15, 0.2) is 79.1 Å². The monoisotopic (exact) mass is 565 g/mol. The number of carbonyl (C=O) groups excluding carboxylic acids is 2. The Bertz CT molecular complexity index is 1070. The van der Waals surface area contributed by atoms with Gasteiger partial charge in [-0.2, -0.15) is 4.57 Å². The van der Waals surface area contributed by atoms with E-state index in [0.717, 1.165) is 0 Å². The Kier molecular flexibility index (Phi) is 11.0. The van der Waals surface area contributed by atoms with Gasteiger partial charge >= 0.3 is 0 Å². The fraction of sp³-hybridized carbons (Fsp3) is 0.0952. The highest BCUT2D eigenvalue weighted by Gasteiger charge is 2.13. The molecule has 0 N–H and O–H groups in total. The number of rotatable bonds is 7. The summed E-state index contributed by atoms with van der Waals surface area (Å²) in [5, 5.41) is 21.0. The Morgan fingerprint density at radius 3 is 1.53 bits per heavy atom. The molecule has 0 saturated carbocycles. The molecule has 0 bridgehead atoms. The fourth-order valence-corrected chi connectivity index (χ4v) is 2.74. The molecule has 3 aromatic rings. The minimum atomic E-state index is -0.498. The predicted octanol–water partition coefficient (Wildman–Crippen LogP) is 0.942. The second-order valence-corrected chi connectivity index (χ2v) is 6.70. The van der Waals surface area contributed by atoms with Crippen molar-refractivity contribution < 1.29 is 41.0 Å². The molecule has 0 unspecified atom stereocenters. The fourth-order valence-electron chi connectivity index (χ4n) is 2.41. The van der Waals surface area contributed by atoms with Crippen LogP contribution in [-0.2, 0) is 6.54 Å². The number of alkyl halides is 1. The van der Waals surface area contributed by atoms with Gasteiger partial charge in [0.1, 0.15) is 0 Å². The van der Waals surface area contributed by atoms with Gasteiger partial charge in [-0.15, -0.1) is 0 Å². The van der Waals surface area contributed by atoms with Crippen molar-refractivity contribution in [3.05, 3.63) is 110 Å². The van der Waals surface area contributed by atoms with Crippen LogP contribution in [0, 0.1) is 20.2 Å². The Morgan fingerprint density at radius 2 is 1.16 bits per heavy atom. The third-order valence-corrected chi connectivity index (χ3v) is 4.53. The first-order valence-corrected chi connectivity index (χ1v) is 9.99. The van der Waals surface area contributed by atoms with E-state index in [-0.39, 0.29) is 51.8 Å². The van der Waals surface area contributed by atoms with Crippen LogP contribution in [0.25, 0.3) is 0 Å². The molecule has 32 heavy (non-hydrogen) atoms. The molecule has 0 radical (unpaired) electrons. The van der Waals surface area contributed by atoms with Crippen LogP contribution >= 0.6 is 15.9 Å². The number of aromatic nitrogens is 1. The maximum Gasteiger partial charge on any atom is 0.269 e. The Hall–Kier alpha value is -3.31. The Morgan fingerprint density at radius 1 is 0.750 bits per heavy atom. The number of non-ortho nitro benzene ring substituents is 2. The number of hydrogen-bond acceptors (Lipinski definition) is 6. The topological polar surface area (TPSA) is 124 Å². The van der Waals surface area contributed by atoms with E-state index in [1.807, 2.05) is 18.2 Å². The van der Waals surface area contributed by atoms with Crippen LogP contribution in [-0.4, -0.2) is 26.7 Å². The molecule has 0 aliphatic heterocycles. The first-order valence-electron chi connectivity index (χ1n) is 8.87. The number of nitro groups is 2. The van der Waals surface area contributed by atoms with Crippen molar-refractivity contribution in [1.29, 1.82) is 0 Å². The number of carbonyl (C=O) groups is 2. The van der Waals surface area contributed by atoms with Gasteiger partial charge in [0.15, 0.2) is 18.2 Å². The van der Waals surface area contributed by atoms with Crippen molar-refractivity contribution in [2.75, 3.05) is 5.33 Å². The largest absolute Gasteiger partial charge is 1.00 e. The summed E-state index contributed by atoms with van der Waals surface area (Å²) in [5.41, 5.74) is 0.921. The molecular weight excluding hydrogens is 550 g/mol. The molecule has 0 aliphatic rings. The summed E-state index contributed by atoms with van der Waals surface area (Å²) in [4.78, 5) is 42.8. The van der Waals surface area contributed by atoms with E-state index in [0.29, 0.717) is 11.1 Å². The van der Waals surface area contributed by atoms with E-state index < -0.39 is 9.85 Å². The number of hydrogen-bond donors (Lipinski definition) is 0. The third kappa shape index (κ3) is 8.08. The zero-order valence-corrected chi connectivity index (χ0v) is 19.6. The predicted molar refractivity (Wildman–Crippen MR) is 115 cm³/mol. The minimum absolute atomic E-state index is 0. The maximum absolute atomic E-state index is 11.9. The smallest absolute Gasteiger partial charge is 0.269 e. The summed E-state index contributed by atoms with van der Waals surface area (Å²) >= 11 is 3.02. The molecular formula is C21H17Br2N3O6. The van der Waals surface area contributed by atoms with Crippen LogP contribution in [0.3, 0.4) is 0 Å². The molecule has 166 valence electrons. The normalized spacial score (nSPS) is 9.53. The maximum atomic E-state index is 11.9. The molecule has 0 fully saturated rings. The minimum Gasteiger partial charge on any atom is -1.00 e. The molecule has 0 aliphatic carbocycles. The highest BCUT2D eigenvalue weighted by Crippen LogP contribution is 2.13. The lowest BCUT2D eigenvalue weighted by atomic mass is 10.1. The van der Waals surface area contributed by atoms with Gasteiger partial charge in [0.25, 0.3) is 11.4 Å². The molecule has 11 heteroatoms. The number of halogens is 2. The second kappa shape index (κ2) is 13.2. The van der Waals surface area contributed by atoms with Gasteiger partial charge in [0.05, 0.1) is 15.2 Å². The van der Waals surface area contributed by atoms with Gasteiger partial charge in [-0.3, -0.25) is 29.8 Å². The standard InChI is InChI=1S/C13H11N2O3.C8H6BrNO3.BrH/c16-13(10-14-8-2-1-3-9-14)11-4-6-12(7-5-11)15(17)18;9-5-8(11)6-1-3-7(4-2-6)10(12)13;/h1-9H,10H2;1-4H,5H2;1H/q+1;;/p-1. The van der Waals surface area contributed by atoms with E-state index in [4.69, 9.17) is 0 Å². The highest BCUT2D eigenvalue weighted by molar-refractivity contribution is 9.09. The third-order valence-electron chi connectivity index (χ3n) is 4.03. The second-order valence-electron chi connectivity index (χ2n) is 6.14. The number of nitrogens with zero attached hydrogens (tertiary/aromatic N) is 3. The number of nitro benzene ring substituents is 2. The molecule has 1 heterocycles. The lowest BCUT2D eigenvalue weighted by molar-refractivity contribution is -0.683. The van der Waals surface area contributed by atoms with Crippen LogP contribution in [0.1, 0.15) is 20.7 Å². The van der Waals surface area contributed by atoms with Crippen molar-refractivity contribution in [1.82, 2.24) is 0 Å². The van der Waals surface area contributed by atoms with E-state index >= 15 is 0 Å². The zero-order valence-electron chi connectivity index (χ0n) is 16.5. The summed E-state index contributed by atoms with van der Waals surface area (Å²) < 4.78 is 1.75. The van der Waals surface area contributed by atoms with Crippen molar-refractivity contribution >= 4 is 38.9 Å². The van der Waals surface area contributed by atoms with Crippen molar-refractivity contribution in [3.8, 4) is 0 Å². The number of ketones is 2. The molecule has 3 rings (SSSR count). The van der Waals surface area contributed by atoms with Crippen LogP contribution < -0.4 is 21.5 Å². The first kappa shape index (κ1) is 26.7. The van der Waals surface area contributed by atoms with Crippen molar-refractivity contribution in [2.45, 2.75) is 6.54 Å². The van der Waals surface area contributed by atoms with Gasteiger partial charge in [0, 0.05) is 47.5 Å². The van der Waals surface area contributed by atoms with Crippen molar-refractivity contribution in [3.63, 3.8) is 0 Å². The lowest BCUT2D eigenvalue weighted by Crippen LogP contribution is -3.00. The van der Waals surface area contributed by atoms with Gasteiger partial charge in [-0.05, 0) is 24.3 Å². The van der Waals surface area contributed by atoms with Crippen LogP contribution in [0.2, 0.25) is 0 Å². The molecule has 1 aromatic heterocycles. The summed E-state index contributed by atoms with van der Waals surface area (Å²) in [5.74, 6) is -0.170. The molecule has 2 aromatic carbocycles. The summed E-state index contributed by atoms with van der Waals surface area (Å²) in [6.07, 6.45) is 3.59. The van der Waals surface area contributed by atoms with Gasteiger partial charge in [-0.1, -0.05) is 22.0 Å². The summed E-state index contributed by atoms with van der Waals surface area (Å²) in [6.45, 7) is 0.221. The Labute approximate surface area is 201 Å². The zero-order chi connectivity index (χ0) is 22.8. The molecule has 0 amide bonds. The van der Waals surface area contributed by atoms with Crippen molar-refractivity contribution in [2.24, 2.45) is 0 Å². The number of benzene rings is 2. The highest BCUT2D eigenvalue weighted by atomic mass is 79.9. The SMILES string of the molecule is O=C(CBr)c1ccc([N+](=O)[O-])cc1.O=C(C[n+]1ccccc1)c1ccc([N+](=O)[O-])cc1.[Br-]. The average Bonchev–Trinajstić information content (AvgIpc) is 2.79. The first-order chi connectivity index (χ1) is 14.8. The van der Waals surface area contributed by atoms with E-state index in [1.165, 1.54) is 48.5 Å². The van der Waals surface area contributed by atoms with Crippen LogP contribution in [0.4, 0.5) is 11.4 Å². The lowest BCUT2D eigenvalue weighted by Gasteiger charge is -1.98. The number of Topliss-reactive ketones (excluding diaryl/α,β-unsaturated/α-hetero) is 2. The summed E-state index contributed by atoms with van der Waals surface area (Å²) in [7, 11) is 0. The van der Waals surface area contributed by atoms with E-state index in [2.05, 4.69) is 15.9 Å². The molecule has 0 spiro atoms. The van der Waals surface area contributed by atoms with E-state index in [1.54, 1.807) is 17.0 Å². The van der Waals surface area contributed by atoms with Gasteiger partial charge in [-0.25, -0.2) is 0 Å². The molecule has 9 nitrogen and oxygen atoms in total. The average molecular weight is 567 g/mol. The summed E-state index contributed by atoms with van der Waals surface area (Å²) in [6, 6.07) is 16.7. The quantitative estimate of drug-likeness (QED) is 0.138. The number of pyridine rings is 1. The Balaban J connectivity index is 0.000000327. The van der Waals surface area contributed by atoms with Gasteiger partial charge < -0.3 is 17.0 Å². The molecule has 0 atom stereocenters. The van der Waals surface area contributed by atoms with E-state index in [9.17, 15) is 29.8 Å². The van der Waals surface area contributed by atoms with Gasteiger partial charge in [0.2, 0.25) is 12.3 Å². The molecule has 0 saturated heterocycles.